The highest BCUT2D eigenvalue weighted by Gasteiger charge is 2.27. The number of rotatable bonds is 1. The number of benzene rings is 1. The number of hydrogen-bond donors (Lipinski definition) is 1. The van der Waals surface area contributed by atoms with E-state index in [2.05, 4.69) is 4.98 Å². The van der Waals surface area contributed by atoms with Gasteiger partial charge in [0.05, 0.1) is 0 Å². The Kier molecular flexibility index (Phi) is 2.60. The maximum absolute atomic E-state index is 6.01. The summed E-state index contributed by atoms with van der Waals surface area (Å²) >= 11 is 6.01. The molecule has 90 valence electrons. The molecule has 1 aliphatic carbocycles. The predicted molar refractivity (Wildman–Crippen MR) is 68.3 cm³/mol. The lowest BCUT2D eigenvalue weighted by Gasteiger charge is -2.02. The quantitative estimate of drug-likeness (QED) is 0.844. The molecule has 17 heavy (non-hydrogen) atoms. The molecular weight excluding hydrogens is 236 g/mol. The fourth-order valence-electron chi connectivity index (χ4n) is 2.59. The minimum atomic E-state index is 0.291. The molecule has 4 heteroatoms. The maximum Gasteiger partial charge on any atom is 0.198 e. The Labute approximate surface area is 105 Å². The van der Waals surface area contributed by atoms with E-state index in [0.717, 1.165) is 41.8 Å². The number of nitrogens with two attached hydrogens (primary N) is 1. The van der Waals surface area contributed by atoms with Crippen LogP contribution in [0, 0.1) is 6.92 Å². The SMILES string of the molecule is Cc1cc(Cl)cc2nc([C@@H]3CC[C@H](N)C3)oc12. The van der Waals surface area contributed by atoms with Crippen molar-refractivity contribution in [2.24, 2.45) is 5.73 Å². The topological polar surface area (TPSA) is 52.0 Å². The van der Waals surface area contributed by atoms with Crippen molar-refractivity contribution in [1.29, 1.82) is 0 Å². The average molecular weight is 251 g/mol. The highest BCUT2D eigenvalue weighted by Crippen LogP contribution is 2.35. The van der Waals surface area contributed by atoms with Gasteiger partial charge in [0.1, 0.15) is 5.52 Å². The minimum Gasteiger partial charge on any atom is -0.440 e. The van der Waals surface area contributed by atoms with Gasteiger partial charge in [-0.25, -0.2) is 4.98 Å². The van der Waals surface area contributed by atoms with Crippen molar-refractivity contribution in [1.82, 2.24) is 4.98 Å². The summed E-state index contributed by atoms with van der Waals surface area (Å²) in [6.45, 7) is 1.99. The van der Waals surface area contributed by atoms with Gasteiger partial charge in [-0.1, -0.05) is 11.6 Å². The summed E-state index contributed by atoms with van der Waals surface area (Å²) in [5.41, 5.74) is 8.66. The van der Waals surface area contributed by atoms with Crippen molar-refractivity contribution >= 4 is 22.7 Å². The van der Waals surface area contributed by atoms with Crippen LogP contribution < -0.4 is 5.73 Å². The second kappa shape index (κ2) is 4.00. The van der Waals surface area contributed by atoms with Gasteiger partial charge in [-0.15, -0.1) is 0 Å². The number of oxazole rings is 1. The standard InChI is InChI=1S/C13H15ClN2O/c1-7-4-9(14)6-11-12(7)17-13(16-11)8-2-3-10(15)5-8/h4,6,8,10H,2-3,5,15H2,1H3/t8-,10+/m1/s1. The third kappa shape index (κ3) is 1.94. The number of fused-ring (bicyclic) bond motifs is 1. The van der Waals surface area contributed by atoms with Gasteiger partial charge in [0.25, 0.3) is 0 Å². The van der Waals surface area contributed by atoms with Crippen LogP contribution in [0.2, 0.25) is 5.02 Å². The average Bonchev–Trinajstić information content (AvgIpc) is 2.83. The number of hydrogen-bond acceptors (Lipinski definition) is 3. The van der Waals surface area contributed by atoms with Crippen LogP contribution in [-0.2, 0) is 0 Å². The van der Waals surface area contributed by atoms with E-state index in [-0.39, 0.29) is 0 Å². The van der Waals surface area contributed by atoms with E-state index in [1.54, 1.807) is 0 Å². The molecule has 1 saturated carbocycles. The zero-order valence-corrected chi connectivity index (χ0v) is 10.5. The second-order valence-corrected chi connectivity index (χ2v) is 5.33. The lowest BCUT2D eigenvalue weighted by molar-refractivity contribution is 0.470. The van der Waals surface area contributed by atoms with Crippen LogP contribution in [0.15, 0.2) is 16.5 Å². The first-order chi connectivity index (χ1) is 8.13. The monoisotopic (exact) mass is 250 g/mol. The molecular formula is C13H15ClN2O. The van der Waals surface area contributed by atoms with Gasteiger partial charge in [-0.05, 0) is 43.9 Å². The van der Waals surface area contributed by atoms with E-state index in [1.165, 1.54) is 0 Å². The van der Waals surface area contributed by atoms with E-state index in [1.807, 2.05) is 19.1 Å². The third-order valence-electron chi connectivity index (χ3n) is 3.48. The van der Waals surface area contributed by atoms with Crippen LogP contribution in [0.3, 0.4) is 0 Å². The first-order valence-electron chi connectivity index (χ1n) is 5.95. The highest BCUT2D eigenvalue weighted by molar-refractivity contribution is 6.31. The van der Waals surface area contributed by atoms with Crippen LogP contribution in [0.4, 0.5) is 0 Å². The van der Waals surface area contributed by atoms with Gasteiger partial charge < -0.3 is 10.2 Å². The highest BCUT2D eigenvalue weighted by atomic mass is 35.5. The van der Waals surface area contributed by atoms with Crippen LogP contribution in [0.25, 0.3) is 11.1 Å². The summed E-state index contributed by atoms with van der Waals surface area (Å²) in [4.78, 5) is 4.54. The zero-order valence-electron chi connectivity index (χ0n) is 9.74. The Balaban J connectivity index is 2.04. The number of nitrogens with zero attached hydrogens (tertiary/aromatic N) is 1. The van der Waals surface area contributed by atoms with E-state index < -0.39 is 0 Å². The van der Waals surface area contributed by atoms with Crippen LogP contribution >= 0.6 is 11.6 Å². The molecule has 0 radical (unpaired) electrons. The molecule has 0 bridgehead atoms. The molecule has 0 spiro atoms. The number of halogens is 1. The molecule has 1 aromatic carbocycles. The van der Waals surface area contributed by atoms with Gasteiger partial charge in [0, 0.05) is 17.0 Å². The van der Waals surface area contributed by atoms with E-state index in [9.17, 15) is 0 Å². The molecule has 1 heterocycles. The molecule has 0 aliphatic heterocycles. The lowest BCUT2D eigenvalue weighted by atomic mass is 10.1. The first kappa shape index (κ1) is 11.1. The van der Waals surface area contributed by atoms with Crippen molar-refractivity contribution in [2.75, 3.05) is 0 Å². The normalized spacial score (nSPS) is 24.6. The maximum atomic E-state index is 6.01. The Morgan fingerprint density at radius 1 is 1.41 bits per heavy atom. The first-order valence-corrected chi connectivity index (χ1v) is 6.33. The van der Waals surface area contributed by atoms with E-state index in [4.69, 9.17) is 21.8 Å². The molecule has 3 rings (SSSR count). The van der Waals surface area contributed by atoms with Gasteiger partial charge in [-0.3, -0.25) is 0 Å². The predicted octanol–water partition coefficient (Wildman–Crippen LogP) is 3.38. The minimum absolute atomic E-state index is 0.291. The Morgan fingerprint density at radius 2 is 2.24 bits per heavy atom. The second-order valence-electron chi connectivity index (χ2n) is 4.89. The Morgan fingerprint density at radius 3 is 2.94 bits per heavy atom. The molecule has 2 N–H and O–H groups in total. The fourth-order valence-corrected chi connectivity index (χ4v) is 2.86. The molecule has 2 aromatic rings. The van der Waals surface area contributed by atoms with E-state index in [0.29, 0.717) is 17.0 Å². The van der Waals surface area contributed by atoms with E-state index >= 15 is 0 Å². The number of aromatic nitrogens is 1. The summed E-state index contributed by atoms with van der Waals surface area (Å²) < 4.78 is 5.86. The summed E-state index contributed by atoms with van der Waals surface area (Å²) in [5, 5.41) is 0.706. The summed E-state index contributed by atoms with van der Waals surface area (Å²) in [6.07, 6.45) is 3.10. The van der Waals surface area contributed by atoms with Crippen molar-refractivity contribution in [3.05, 3.63) is 28.6 Å². The number of aryl methyl sites for hydroxylation is 1. The summed E-state index contributed by atoms with van der Waals surface area (Å²) in [5.74, 6) is 1.19. The van der Waals surface area contributed by atoms with Gasteiger partial charge in [0.15, 0.2) is 11.5 Å². The molecule has 0 unspecified atom stereocenters. The molecule has 1 fully saturated rings. The van der Waals surface area contributed by atoms with Crippen molar-refractivity contribution in [2.45, 2.75) is 38.1 Å². The third-order valence-corrected chi connectivity index (χ3v) is 3.70. The fraction of sp³-hybridized carbons (Fsp3) is 0.462. The van der Waals surface area contributed by atoms with Crippen LogP contribution in [0.5, 0.6) is 0 Å². The largest absolute Gasteiger partial charge is 0.440 e. The van der Waals surface area contributed by atoms with Gasteiger partial charge in [-0.2, -0.15) is 0 Å². The zero-order chi connectivity index (χ0) is 12.0. The summed E-state index contributed by atoms with van der Waals surface area (Å²) in [7, 11) is 0. The van der Waals surface area contributed by atoms with Crippen molar-refractivity contribution in [3.8, 4) is 0 Å². The Hall–Kier alpha value is -1.06. The smallest absolute Gasteiger partial charge is 0.198 e. The molecule has 3 nitrogen and oxygen atoms in total. The molecule has 1 aliphatic rings. The van der Waals surface area contributed by atoms with Crippen molar-refractivity contribution in [3.63, 3.8) is 0 Å². The lowest BCUT2D eigenvalue weighted by Crippen LogP contribution is -2.14. The summed E-state index contributed by atoms with van der Waals surface area (Å²) in [6, 6.07) is 4.05. The van der Waals surface area contributed by atoms with Crippen LogP contribution in [-0.4, -0.2) is 11.0 Å². The molecule has 0 saturated heterocycles. The molecule has 0 amide bonds. The molecule has 2 atom stereocenters. The van der Waals surface area contributed by atoms with Crippen LogP contribution in [0.1, 0.15) is 36.6 Å². The Bertz CT molecular complexity index is 564. The van der Waals surface area contributed by atoms with Gasteiger partial charge in [0.2, 0.25) is 0 Å². The molecule has 1 aromatic heterocycles. The van der Waals surface area contributed by atoms with Crippen molar-refractivity contribution < 1.29 is 4.42 Å². The van der Waals surface area contributed by atoms with Gasteiger partial charge >= 0.3 is 0 Å².